The van der Waals surface area contributed by atoms with Gasteiger partial charge in [0.05, 0.1) is 5.41 Å². The van der Waals surface area contributed by atoms with Crippen LogP contribution in [0.15, 0.2) is 54.1 Å². The highest BCUT2D eigenvalue weighted by atomic mass is 16.4. The van der Waals surface area contributed by atoms with Crippen molar-refractivity contribution in [1.29, 1.82) is 0 Å². The fraction of sp³-hybridized carbons (Fsp3) is 0.250. The Kier molecular flexibility index (Phi) is 3.38. The molecule has 1 aliphatic rings. The number of carboxylic acids is 1. The van der Waals surface area contributed by atoms with Gasteiger partial charge in [-0.25, -0.2) is 4.79 Å². The molecule has 1 aromatic carbocycles. The molecule has 0 heterocycles. The fourth-order valence-electron chi connectivity index (χ4n) is 2.23. The van der Waals surface area contributed by atoms with Gasteiger partial charge in [0.2, 0.25) is 0 Å². The van der Waals surface area contributed by atoms with Crippen LogP contribution in [0.2, 0.25) is 0 Å². The first-order valence-electron chi connectivity index (χ1n) is 6.15. The standard InChI is InChI=1S/C16H16O3/c1-11(17)16(2)9-8-13(14(10-16)15(18)19)12-6-4-3-5-7-12/h3-10,13H,1-2H3,(H,18,19). The van der Waals surface area contributed by atoms with E-state index in [1.54, 1.807) is 25.2 Å². The molecule has 19 heavy (non-hydrogen) atoms. The van der Waals surface area contributed by atoms with E-state index in [0.29, 0.717) is 0 Å². The van der Waals surface area contributed by atoms with Gasteiger partial charge >= 0.3 is 5.97 Å². The van der Waals surface area contributed by atoms with Crippen LogP contribution in [0.5, 0.6) is 0 Å². The Bertz CT molecular complexity index is 569. The second-order valence-electron chi connectivity index (χ2n) is 4.99. The fourth-order valence-corrected chi connectivity index (χ4v) is 2.23. The number of Topliss-reactive ketones (excluding diaryl/α,β-unsaturated/α-hetero) is 1. The summed E-state index contributed by atoms with van der Waals surface area (Å²) in [5.74, 6) is -1.34. The molecule has 0 spiro atoms. The number of rotatable bonds is 3. The van der Waals surface area contributed by atoms with E-state index in [-0.39, 0.29) is 17.3 Å². The van der Waals surface area contributed by atoms with Gasteiger partial charge in [0.25, 0.3) is 0 Å². The number of ketones is 1. The maximum atomic E-state index is 11.6. The second kappa shape index (κ2) is 4.84. The topological polar surface area (TPSA) is 54.4 Å². The van der Waals surface area contributed by atoms with E-state index in [0.717, 1.165) is 5.56 Å². The van der Waals surface area contributed by atoms with Crippen LogP contribution in [0.4, 0.5) is 0 Å². The lowest BCUT2D eigenvalue weighted by Crippen LogP contribution is -2.26. The SMILES string of the molecule is CC(=O)C1(C)C=CC(c2ccccc2)C(C(=O)O)=C1. The quantitative estimate of drug-likeness (QED) is 0.846. The van der Waals surface area contributed by atoms with E-state index in [1.165, 1.54) is 6.92 Å². The third-order valence-electron chi connectivity index (χ3n) is 3.59. The van der Waals surface area contributed by atoms with Crippen molar-refractivity contribution in [1.82, 2.24) is 0 Å². The smallest absolute Gasteiger partial charge is 0.332 e. The normalized spacial score (nSPS) is 25.8. The first kappa shape index (κ1) is 13.3. The molecular formula is C16H16O3. The Morgan fingerprint density at radius 1 is 1.21 bits per heavy atom. The molecule has 2 rings (SSSR count). The van der Waals surface area contributed by atoms with Gasteiger partial charge in [-0.2, -0.15) is 0 Å². The largest absolute Gasteiger partial charge is 0.478 e. The average Bonchev–Trinajstić information content (AvgIpc) is 2.39. The highest BCUT2D eigenvalue weighted by Gasteiger charge is 2.33. The minimum absolute atomic E-state index is 0.0611. The average molecular weight is 256 g/mol. The first-order chi connectivity index (χ1) is 8.94. The molecule has 0 amide bonds. The molecule has 0 fully saturated rings. The number of benzene rings is 1. The highest BCUT2D eigenvalue weighted by Crippen LogP contribution is 2.37. The molecule has 0 saturated carbocycles. The van der Waals surface area contributed by atoms with Crippen LogP contribution in [0.3, 0.4) is 0 Å². The molecule has 1 aromatic rings. The molecule has 0 saturated heterocycles. The first-order valence-corrected chi connectivity index (χ1v) is 6.15. The van der Waals surface area contributed by atoms with Gasteiger partial charge in [-0.3, -0.25) is 4.79 Å². The van der Waals surface area contributed by atoms with Gasteiger partial charge in [-0.05, 0) is 19.4 Å². The summed E-state index contributed by atoms with van der Waals surface area (Å²) >= 11 is 0. The molecule has 2 unspecified atom stereocenters. The Balaban J connectivity index is 2.47. The summed E-state index contributed by atoms with van der Waals surface area (Å²) in [6.45, 7) is 3.21. The van der Waals surface area contributed by atoms with E-state index in [2.05, 4.69) is 0 Å². The number of aliphatic carboxylic acids is 1. The molecule has 0 aliphatic heterocycles. The van der Waals surface area contributed by atoms with Crippen LogP contribution in [0.1, 0.15) is 25.3 Å². The van der Waals surface area contributed by atoms with Crippen molar-refractivity contribution in [2.45, 2.75) is 19.8 Å². The predicted octanol–water partition coefficient (Wildman–Crippen LogP) is 2.95. The van der Waals surface area contributed by atoms with Crippen molar-refractivity contribution in [3.8, 4) is 0 Å². The van der Waals surface area contributed by atoms with Crippen LogP contribution in [-0.2, 0) is 9.59 Å². The minimum Gasteiger partial charge on any atom is -0.478 e. The molecule has 0 radical (unpaired) electrons. The Labute approximate surface area is 112 Å². The van der Waals surface area contributed by atoms with Crippen molar-refractivity contribution < 1.29 is 14.7 Å². The van der Waals surface area contributed by atoms with Gasteiger partial charge < -0.3 is 5.11 Å². The molecule has 3 nitrogen and oxygen atoms in total. The second-order valence-corrected chi connectivity index (χ2v) is 4.99. The Hall–Kier alpha value is -2.16. The van der Waals surface area contributed by atoms with Crippen LogP contribution in [0.25, 0.3) is 0 Å². The summed E-state index contributed by atoms with van der Waals surface area (Å²) in [7, 11) is 0. The Morgan fingerprint density at radius 3 is 2.37 bits per heavy atom. The maximum absolute atomic E-state index is 11.6. The summed E-state index contributed by atoms with van der Waals surface area (Å²) in [4.78, 5) is 23.1. The number of allylic oxidation sites excluding steroid dienone is 3. The third-order valence-corrected chi connectivity index (χ3v) is 3.59. The molecule has 0 bridgehead atoms. The number of hydrogen-bond acceptors (Lipinski definition) is 2. The van der Waals surface area contributed by atoms with Crippen molar-refractivity contribution >= 4 is 11.8 Å². The zero-order valence-electron chi connectivity index (χ0n) is 11.0. The van der Waals surface area contributed by atoms with Crippen molar-refractivity contribution in [3.05, 3.63) is 59.7 Å². The van der Waals surface area contributed by atoms with Gasteiger partial charge in [-0.1, -0.05) is 48.6 Å². The number of carboxylic acid groups (broad SMARTS) is 1. The summed E-state index contributed by atoms with van der Waals surface area (Å²) in [6, 6.07) is 9.42. The van der Waals surface area contributed by atoms with Crippen LogP contribution < -0.4 is 0 Å². The zero-order valence-corrected chi connectivity index (χ0v) is 11.0. The summed E-state index contributed by atoms with van der Waals surface area (Å²) in [6.07, 6.45) is 5.16. The van der Waals surface area contributed by atoms with Crippen LogP contribution in [0, 0.1) is 5.41 Å². The van der Waals surface area contributed by atoms with Crippen molar-refractivity contribution in [2.24, 2.45) is 5.41 Å². The van der Waals surface area contributed by atoms with E-state index in [4.69, 9.17) is 0 Å². The third kappa shape index (κ3) is 2.50. The zero-order chi connectivity index (χ0) is 14.0. The summed E-state index contributed by atoms with van der Waals surface area (Å²) < 4.78 is 0. The van der Waals surface area contributed by atoms with Crippen molar-refractivity contribution in [2.75, 3.05) is 0 Å². The monoisotopic (exact) mass is 256 g/mol. The lowest BCUT2D eigenvalue weighted by Gasteiger charge is -2.27. The lowest BCUT2D eigenvalue weighted by atomic mass is 9.75. The van der Waals surface area contributed by atoms with Crippen LogP contribution >= 0.6 is 0 Å². The van der Waals surface area contributed by atoms with Gasteiger partial charge in [0.15, 0.2) is 0 Å². The van der Waals surface area contributed by atoms with Gasteiger partial charge in [-0.15, -0.1) is 0 Å². The molecule has 1 aliphatic carbocycles. The molecule has 98 valence electrons. The molecule has 2 atom stereocenters. The number of hydrogen-bond donors (Lipinski definition) is 1. The minimum atomic E-state index is -0.981. The van der Waals surface area contributed by atoms with E-state index in [1.807, 2.05) is 30.3 Å². The highest BCUT2D eigenvalue weighted by molar-refractivity contribution is 5.94. The van der Waals surface area contributed by atoms with Gasteiger partial charge in [0.1, 0.15) is 5.78 Å². The predicted molar refractivity (Wildman–Crippen MR) is 72.8 cm³/mol. The number of carbonyl (C=O) groups is 2. The van der Waals surface area contributed by atoms with Crippen molar-refractivity contribution in [3.63, 3.8) is 0 Å². The van der Waals surface area contributed by atoms with E-state index < -0.39 is 11.4 Å². The maximum Gasteiger partial charge on any atom is 0.332 e. The summed E-state index contributed by atoms with van der Waals surface area (Å²) in [5, 5.41) is 9.37. The molecular weight excluding hydrogens is 240 g/mol. The molecule has 1 N–H and O–H groups in total. The van der Waals surface area contributed by atoms with E-state index >= 15 is 0 Å². The molecule has 3 heteroatoms. The van der Waals surface area contributed by atoms with E-state index in [9.17, 15) is 14.7 Å². The lowest BCUT2D eigenvalue weighted by molar-refractivity contribution is -0.132. The Morgan fingerprint density at radius 2 is 1.84 bits per heavy atom. The molecule has 0 aromatic heterocycles. The number of carbonyl (C=O) groups excluding carboxylic acids is 1. The van der Waals surface area contributed by atoms with Crippen LogP contribution in [-0.4, -0.2) is 16.9 Å². The van der Waals surface area contributed by atoms with Gasteiger partial charge in [0, 0.05) is 11.5 Å². The summed E-state index contributed by atoms with van der Waals surface area (Å²) in [5.41, 5.74) is 0.350.